The molecular formula is C14H17NO3. The third-order valence-electron chi connectivity index (χ3n) is 3.51. The molecule has 18 heavy (non-hydrogen) atoms. The first-order chi connectivity index (χ1) is 8.65. The summed E-state index contributed by atoms with van der Waals surface area (Å²) < 4.78 is 10.8. The summed E-state index contributed by atoms with van der Waals surface area (Å²) in [4.78, 5) is 13.9. The Balaban J connectivity index is 1.87. The third-order valence-corrected chi connectivity index (χ3v) is 3.51. The van der Waals surface area contributed by atoms with Crippen LogP contribution in [-0.4, -0.2) is 24.1 Å². The zero-order valence-corrected chi connectivity index (χ0v) is 10.7. The molecule has 1 amide bonds. The summed E-state index contributed by atoms with van der Waals surface area (Å²) in [5.41, 5.74) is 2.45. The number of nitrogens with zero attached hydrogens (tertiary/aromatic N) is 1. The molecule has 1 aromatic rings. The fraction of sp³-hybridized carbons (Fsp3) is 0.500. The van der Waals surface area contributed by atoms with Crippen molar-refractivity contribution in [3.05, 3.63) is 23.3 Å². The SMILES string of the molecule is CC(C)C(=O)N1CCc2cc3c(cc2C1)OCO3. The summed E-state index contributed by atoms with van der Waals surface area (Å²) >= 11 is 0. The second-order valence-electron chi connectivity index (χ2n) is 5.14. The van der Waals surface area contributed by atoms with Crippen molar-refractivity contribution < 1.29 is 14.3 Å². The Morgan fingerprint density at radius 3 is 2.56 bits per heavy atom. The molecule has 0 spiro atoms. The second-order valence-corrected chi connectivity index (χ2v) is 5.14. The maximum atomic E-state index is 12.0. The average molecular weight is 247 g/mol. The van der Waals surface area contributed by atoms with Gasteiger partial charge in [-0.05, 0) is 29.7 Å². The summed E-state index contributed by atoms with van der Waals surface area (Å²) in [5.74, 6) is 1.91. The zero-order valence-electron chi connectivity index (χ0n) is 10.7. The van der Waals surface area contributed by atoms with E-state index < -0.39 is 0 Å². The van der Waals surface area contributed by atoms with Crippen molar-refractivity contribution in [3.63, 3.8) is 0 Å². The van der Waals surface area contributed by atoms with E-state index >= 15 is 0 Å². The molecule has 2 aliphatic rings. The van der Waals surface area contributed by atoms with Gasteiger partial charge in [0.05, 0.1) is 0 Å². The summed E-state index contributed by atoms with van der Waals surface area (Å²) in [6.45, 7) is 5.66. The highest BCUT2D eigenvalue weighted by atomic mass is 16.7. The van der Waals surface area contributed by atoms with Gasteiger partial charge in [0, 0.05) is 19.0 Å². The molecule has 1 aromatic carbocycles. The lowest BCUT2D eigenvalue weighted by Gasteiger charge is -2.30. The van der Waals surface area contributed by atoms with Crippen LogP contribution >= 0.6 is 0 Å². The number of fused-ring (bicyclic) bond motifs is 2. The van der Waals surface area contributed by atoms with Crippen LogP contribution in [0.3, 0.4) is 0 Å². The van der Waals surface area contributed by atoms with Gasteiger partial charge in [-0.1, -0.05) is 13.8 Å². The Bertz CT molecular complexity index is 496. The van der Waals surface area contributed by atoms with Gasteiger partial charge >= 0.3 is 0 Å². The smallest absolute Gasteiger partial charge is 0.231 e. The molecule has 0 aromatic heterocycles. The van der Waals surface area contributed by atoms with Gasteiger partial charge < -0.3 is 14.4 Å². The molecule has 0 saturated carbocycles. The van der Waals surface area contributed by atoms with Crippen LogP contribution in [0, 0.1) is 5.92 Å². The van der Waals surface area contributed by atoms with E-state index in [0.29, 0.717) is 13.3 Å². The van der Waals surface area contributed by atoms with Crippen molar-refractivity contribution in [3.8, 4) is 11.5 Å². The molecule has 3 rings (SSSR count). The van der Waals surface area contributed by atoms with Gasteiger partial charge in [0.15, 0.2) is 11.5 Å². The minimum atomic E-state index is 0.0561. The van der Waals surface area contributed by atoms with Crippen molar-refractivity contribution in [1.29, 1.82) is 0 Å². The number of amides is 1. The quantitative estimate of drug-likeness (QED) is 0.761. The Morgan fingerprint density at radius 2 is 1.89 bits per heavy atom. The number of benzene rings is 1. The third kappa shape index (κ3) is 1.82. The van der Waals surface area contributed by atoms with E-state index in [0.717, 1.165) is 24.5 Å². The number of ether oxygens (including phenoxy) is 2. The largest absolute Gasteiger partial charge is 0.454 e. The number of hydrogen-bond donors (Lipinski definition) is 0. The molecular weight excluding hydrogens is 230 g/mol. The van der Waals surface area contributed by atoms with Gasteiger partial charge in [0.1, 0.15) is 0 Å². The summed E-state index contributed by atoms with van der Waals surface area (Å²) in [5, 5.41) is 0. The summed E-state index contributed by atoms with van der Waals surface area (Å²) in [6, 6.07) is 4.06. The molecule has 96 valence electrons. The lowest BCUT2D eigenvalue weighted by atomic mass is 9.98. The van der Waals surface area contributed by atoms with Gasteiger partial charge in [-0.15, -0.1) is 0 Å². The minimum absolute atomic E-state index is 0.0561. The Kier molecular flexibility index (Phi) is 2.65. The van der Waals surface area contributed by atoms with Crippen LogP contribution in [0.25, 0.3) is 0 Å². The van der Waals surface area contributed by atoms with Crippen LogP contribution in [0.5, 0.6) is 11.5 Å². The first-order valence-electron chi connectivity index (χ1n) is 6.35. The Labute approximate surface area is 106 Å². The highest BCUT2D eigenvalue weighted by molar-refractivity contribution is 5.78. The molecule has 0 atom stereocenters. The van der Waals surface area contributed by atoms with Crippen LogP contribution in [0.1, 0.15) is 25.0 Å². The standard InChI is InChI=1S/C14H17NO3/c1-9(2)14(16)15-4-3-10-5-12-13(18-8-17-12)6-11(10)7-15/h5-6,9H,3-4,7-8H2,1-2H3. The fourth-order valence-electron chi connectivity index (χ4n) is 2.50. The molecule has 0 radical (unpaired) electrons. The molecule has 0 N–H and O–H groups in total. The van der Waals surface area contributed by atoms with Gasteiger partial charge in [-0.25, -0.2) is 0 Å². The molecule has 0 fully saturated rings. The van der Waals surface area contributed by atoms with E-state index in [1.54, 1.807) is 0 Å². The molecule has 0 saturated heterocycles. The maximum absolute atomic E-state index is 12.0. The van der Waals surface area contributed by atoms with Crippen LogP contribution < -0.4 is 9.47 Å². The molecule has 0 unspecified atom stereocenters. The average Bonchev–Trinajstić information content (AvgIpc) is 2.81. The van der Waals surface area contributed by atoms with Crippen LogP contribution in [0.15, 0.2) is 12.1 Å². The lowest BCUT2D eigenvalue weighted by molar-refractivity contribution is -0.135. The molecule has 2 heterocycles. The van der Waals surface area contributed by atoms with E-state index in [2.05, 4.69) is 6.07 Å². The van der Waals surface area contributed by atoms with E-state index in [-0.39, 0.29) is 11.8 Å². The van der Waals surface area contributed by atoms with E-state index in [1.807, 2.05) is 24.8 Å². The molecule has 4 nitrogen and oxygen atoms in total. The molecule has 2 aliphatic heterocycles. The van der Waals surface area contributed by atoms with E-state index in [4.69, 9.17) is 9.47 Å². The molecule has 0 aliphatic carbocycles. The monoisotopic (exact) mass is 247 g/mol. The van der Waals surface area contributed by atoms with Crippen LogP contribution in [0.4, 0.5) is 0 Å². The number of hydrogen-bond acceptors (Lipinski definition) is 3. The summed E-state index contributed by atoms with van der Waals surface area (Å²) in [7, 11) is 0. The van der Waals surface area contributed by atoms with Crippen molar-refractivity contribution in [2.45, 2.75) is 26.8 Å². The number of rotatable bonds is 1. The van der Waals surface area contributed by atoms with Gasteiger partial charge in [0.2, 0.25) is 12.7 Å². The van der Waals surface area contributed by atoms with Crippen molar-refractivity contribution >= 4 is 5.91 Å². The first kappa shape index (κ1) is 11.4. The highest BCUT2D eigenvalue weighted by Crippen LogP contribution is 2.36. The second kappa shape index (κ2) is 4.19. The predicted octanol–water partition coefficient (Wildman–Crippen LogP) is 1.96. The minimum Gasteiger partial charge on any atom is -0.454 e. The molecule has 0 bridgehead atoms. The van der Waals surface area contributed by atoms with E-state index in [9.17, 15) is 4.79 Å². The first-order valence-corrected chi connectivity index (χ1v) is 6.35. The van der Waals surface area contributed by atoms with Crippen LogP contribution in [-0.2, 0) is 17.8 Å². The number of carbonyl (C=O) groups is 1. The Hall–Kier alpha value is -1.71. The van der Waals surface area contributed by atoms with Crippen molar-refractivity contribution in [1.82, 2.24) is 4.90 Å². The lowest BCUT2D eigenvalue weighted by Crippen LogP contribution is -2.38. The summed E-state index contributed by atoms with van der Waals surface area (Å²) in [6.07, 6.45) is 0.893. The van der Waals surface area contributed by atoms with Crippen molar-refractivity contribution in [2.75, 3.05) is 13.3 Å². The highest BCUT2D eigenvalue weighted by Gasteiger charge is 2.25. The van der Waals surface area contributed by atoms with Gasteiger partial charge in [-0.3, -0.25) is 4.79 Å². The van der Waals surface area contributed by atoms with Gasteiger partial charge in [-0.2, -0.15) is 0 Å². The van der Waals surface area contributed by atoms with Crippen molar-refractivity contribution in [2.24, 2.45) is 5.92 Å². The van der Waals surface area contributed by atoms with Gasteiger partial charge in [0.25, 0.3) is 0 Å². The van der Waals surface area contributed by atoms with Crippen LogP contribution in [0.2, 0.25) is 0 Å². The zero-order chi connectivity index (χ0) is 12.7. The van der Waals surface area contributed by atoms with E-state index in [1.165, 1.54) is 11.1 Å². The maximum Gasteiger partial charge on any atom is 0.231 e. The fourth-order valence-corrected chi connectivity index (χ4v) is 2.50. The Morgan fingerprint density at radius 1 is 1.22 bits per heavy atom. The predicted molar refractivity (Wildman–Crippen MR) is 66.5 cm³/mol. The topological polar surface area (TPSA) is 38.8 Å². The normalized spacial score (nSPS) is 16.9. The molecule has 4 heteroatoms. The number of carbonyl (C=O) groups excluding carboxylic acids is 1.